The molecule has 2 heterocycles. The Morgan fingerprint density at radius 1 is 1.11 bits per heavy atom. The number of aliphatic hydroxyl groups excluding tert-OH is 1. The molecule has 2 aromatic heterocycles. The average Bonchev–Trinajstić information content (AvgIpc) is 3.15. The number of halogens is 1. The van der Waals surface area contributed by atoms with E-state index in [4.69, 9.17) is 0 Å². The van der Waals surface area contributed by atoms with E-state index in [0.717, 1.165) is 42.5 Å². The highest BCUT2D eigenvalue weighted by Crippen LogP contribution is 2.42. The van der Waals surface area contributed by atoms with Gasteiger partial charge in [0.2, 0.25) is 0 Å². The third kappa shape index (κ3) is 3.51. The third-order valence-corrected chi connectivity index (χ3v) is 6.10. The molecule has 1 fully saturated rings. The van der Waals surface area contributed by atoms with Crippen molar-refractivity contribution in [1.82, 2.24) is 9.38 Å². The molecule has 0 saturated heterocycles. The summed E-state index contributed by atoms with van der Waals surface area (Å²) in [6.07, 6.45) is 7.01. The number of benzene rings is 1. The summed E-state index contributed by atoms with van der Waals surface area (Å²) in [5.41, 5.74) is 4.26. The SMILES string of the molecule is CC(C)c1ccc2cncn2c1C(O)C1CCC(c2cccc(F)c2)CC1. The molecule has 0 bridgehead atoms. The van der Waals surface area contributed by atoms with Gasteiger partial charge in [0.25, 0.3) is 0 Å². The van der Waals surface area contributed by atoms with E-state index >= 15 is 0 Å². The van der Waals surface area contributed by atoms with Crippen LogP contribution < -0.4 is 0 Å². The number of nitrogens with zero attached hydrogens (tertiary/aromatic N) is 2. The number of pyridine rings is 1. The van der Waals surface area contributed by atoms with Crippen molar-refractivity contribution in [3.05, 3.63) is 71.6 Å². The fourth-order valence-corrected chi connectivity index (χ4v) is 4.58. The van der Waals surface area contributed by atoms with Gasteiger partial charge in [-0.1, -0.05) is 32.0 Å². The zero-order valence-electron chi connectivity index (χ0n) is 16.0. The van der Waals surface area contributed by atoms with E-state index in [0.29, 0.717) is 11.8 Å². The minimum atomic E-state index is -0.506. The van der Waals surface area contributed by atoms with Gasteiger partial charge in [0, 0.05) is 0 Å². The molecule has 0 aliphatic heterocycles. The van der Waals surface area contributed by atoms with Gasteiger partial charge in [-0.25, -0.2) is 9.37 Å². The molecule has 3 aromatic rings. The van der Waals surface area contributed by atoms with Crippen molar-refractivity contribution in [2.24, 2.45) is 5.92 Å². The van der Waals surface area contributed by atoms with E-state index in [1.165, 1.54) is 11.6 Å². The molecule has 0 radical (unpaired) electrons. The molecule has 1 unspecified atom stereocenters. The molecule has 0 spiro atoms. The predicted molar refractivity (Wildman–Crippen MR) is 105 cm³/mol. The summed E-state index contributed by atoms with van der Waals surface area (Å²) in [5.74, 6) is 0.783. The summed E-state index contributed by atoms with van der Waals surface area (Å²) in [4.78, 5) is 4.27. The van der Waals surface area contributed by atoms with Crippen LogP contribution in [0.5, 0.6) is 0 Å². The van der Waals surface area contributed by atoms with Crippen LogP contribution in [0.2, 0.25) is 0 Å². The van der Waals surface area contributed by atoms with Crippen LogP contribution in [0.15, 0.2) is 48.9 Å². The topological polar surface area (TPSA) is 37.5 Å². The van der Waals surface area contributed by atoms with Crippen LogP contribution in [0.25, 0.3) is 5.52 Å². The number of aromatic nitrogens is 2. The molecule has 1 N–H and O–H groups in total. The number of fused-ring (bicyclic) bond motifs is 1. The Hall–Kier alpha value is -2.20. The summed E-state index contributed by atoms with van der Waals surface area (Å²) in [6.45, 7) is 4.32. The van der Waals surface area contributed by atoms with Crippen molar-refractivity contribution in [3.8, 4) is 0 Å². The molecular weight excluding hydrogens is 339 g/mol. The fourth-order valence-electron chi connectivity index (χ4n) is 4.58. The molecule has 1 saturated carbocycles. The highest BCUT2D eigenvalue weighted by atomic mass is 19.1. The van der Waals surface area contributed by atoms with Crippen LogP contribution in [0.1, 0.15) is 74.3 Å². The van der Waals surface area contributed by atoms with Crippen LogP contribution in [-0.4, -0.2) is 14.5 Å². The summed E-state index contributed by atoms with van der Waals surface area (Å²) in [5, 5.41) is 11.3. The summed E-state index contributed by atoms with van der Waals surface area (Å²) in [6, 6.07) is 11.2. The van der Waals surface area contributed by atoms with Gasteiger partial charge in [-0.2, -0.15) is 0 Å². The molecule has 1 atom stereocenters. The minimum absolute atomic E-state index is 0.164. The molecule has 1 aliphatic carbocycles. The summed E-state index contributed by atoms with van der Waals surface area (Å²) >= 11 is 0. The Kier molecular flexibility index (Phi) is 5.00. The van der Waals surface area contributed by atoms with Crippen molar-refractivity contribution in [1.29, 1.82) is 0 Å². The van der Waals surface area contributed by atoms with E-state index in [2.05, 4.69) is 31.0 Å². The molecule has 142 valence electrons. The van der Waals surface area contributed by atoms with E-state index in [1.807, 2.05) is 16.7 Å². The van der Waals surface area contributed by atoms with Crippen LogP contribution in [0.3, 0.4) is 0 Å². The monoisotopic (exact) mass is 366 g/mol. The maximum atomic E-state index is 13.5. The lowest BCUT2D eigenvalue weighted by atomic mass is 9.75. The molecule has 0 amide bonds. The maximum absolute atomic E-state index is 13.5. The highest BCUT2D eigenvalue weighted by molar-refractivity contribution is 5.49. The van der Waals surface area contributed by atoms with E-state index in [1.54, 1.807) is 18.5 Å². The van der Waals surface area contributed by atoms with Gasteiger partial charge < -0.3 is 9.51 Å². The Balaban J connectivity index is 1.56. The first-order valence-corrected chi connectivity index (χ1v) is 9.93. The lowest BCUT2D eigenvalue weighted by Crippen LogP contribution is -2.22. The van der Waals surface area contributed by atoms with Gasteiger partial charge in [0.1, 0.15) is 5.82 Å². The number of aliphatic hydroxyl groups is 1. The smallest absolute Gasteiger partial charge is 0.123 e. The third-order valence-electron chi connectivity index (χ3n) is 6.10. The number of rotatable bonds is 4. The second-order valence-electron chi connectivity index (χ2n) is 8.13. The van der Waals surface area contributed by atoms with Crippen molar-refractivity contribution < 1.29 is 9.50 Å². The quantitative estimate of drug-likeness (QED) is 0.652. The molecule has 4 heteroatoms. The molecule has 1 aliphatic rings. The largest absolute Gasteiger partial charge is 0.387 e. The van der Waals surface area contributed by atoms with E-state index in [-0.39, 0.29) is 11.7 Å². The fraction of sp³-hybridized carbons (Fsp3) is 0.435. The van der Waals surface area contributed by atoms with E-state index < -0.39 is 6.10 Å². The zero-order chi connectivity index (χ0) is 19.0. The second-order valence-corrected chi connectivity index (χ2v) is 8.13. The van der Waals surface area contributed by atoms with Gasteiger partial charge >= 0.3 is 0 Å². The first-order valence-electron chi connectivity index (χ1n) is 9.93. The Morgan fingerprint density at radius 2 is 1.89 bits per heavy atom. The molecule has 27 heavy (non-hydrogen) atoms. The lowest BCUT2D eigenvalue weighted by molar-refractivity contribution is 0.0752. The van der Waals surface area contributed by atoms with Gasteiger partial charge in [-0.05, 0) is 72.8 Å². The first kappa shape index (κ1) is 18.2. The predicted octanol–water partition coefficient (Wildman–Crippen LogP) is 5.60. The number of hydrogen-bond donors (Lipinski definition) is 1. The van der Waals surface area contributed by atoms with Gasteiger partial charge in [-0.15, -0.1) is 0 Å². The number of imidazole rings is 1. The standard InChI is InChI=1S/C23H27FN2O/c1-15(2)21-11-10-20-13-25-14-26(20)22(21)23(27)17-8-6-16(7-9-17)18-4-3-5-19(24)12-18/h3-5,10-17,23,27H,6-9H2,1-2H3. The summed E-state index contributed by atoms with van der Waals surface area (Å²) in [7, 11) is 0. The average molecular weight is 366 g/mol. The van der Waals surface area contributed by atoms with Crippen molar-refractivity contribution in [2.45, 2.75) is 57.5 Å². The summed E-state index contributed by atoms with van der Waals surface area (Å²) < 4.78 is 15.6. The zero-order valence-corrected chi connectivity index (χ0v) is 16.0. The van der Waals surface area contributed by atoms with Crippen molar-refractivity contribution in [2.75, 3.05) is 0 Å². The molecular formula is C23H27FN2O. The number of hydrogen-bond acceptors (Lipinski definition) is 2. The van der Waals surface area contributed by atoms with Gasteiger partial charge in [0.15, 0.2) is 0 Å². The minimum Gasteiger partial charge on any atom is -0.387 e. The molecule has 4 rings (SSSR count). The Bertz CT molecular complexity index is 925. The van der Waals surface area contributed by atoms with Crippen molar-refractivity contribution in [3.63, 3.8) is 0 Å². The van der Waals surface area contributed by atoms with Crippen LogP contribution in [0, 0.1) is 11.7 Å². The lowest BCUT2D eigenvalue weighted by Gasteiger charge is -2.33. The van der Waals surface area contributed by atoms with Crippen molar-refractivity contribution >= 4 is 5.52 Å². The molecule has 1 aromatic carbocycles. The maximum Gasteiger partial charge on any atom is 0.123 e. The Morgan fingerprint density at radius 3 is 2.59 bits per heavy atom. The first-order chi connectivity index (χ1) is 13.0. The van der Waals surface area contributed by atoms with Crippen LogP contribution in [-0.2, 0) is 0 Å². The van der Waals surface area contributed by atoms with Gasteiger partial charge in [-0.3, -0.25) is 0 Å². The van der Waals surface area contributed by atoms with Gasteiger partial charge in [0.05, 0.1) is 29.8 Å². The van der Waals surface area contributed by atoms with E-state index in [9.17, 15) is 9.50 Å². The normalized spacial score (nSPS) is 21.7. The van der Waals surface area contributed by atoms with Crippen LogP contribution in [0.4, 0.5) is 4.39 Å². The second kappa shape index (κ2) is 7.43. The molecule has 3 nitrogen and oxygen atoms in total. The Labute approximate surface area is 159 Å². The highest BCUT2D eigenvalue weighted by Gasteiger charge is 2.31. The van der Waals surface area contributed by atoms with Crippen LogP contribution >= 0.6 is 0 Å².